The molecule has 0 aliphatic rings. The van der Waals surface area contributed by atoms with Gasteiger partial charge in [-0.25, -0.2) is 0 Å². The molecule has 0 fully saturated rings. The molecule has 0 aromatic rings. The largest absolute Gasteiger partial charge is 0.394 e. The van der Waals surface area contributed by atoms with Crippen molar-refractivity contribution in [1.82, 2.24) is 5.32 Å². The van der Waals surface area contributed by atoms with Crippen LogP contribution in [-0.4, -0.2) is 34.9 Å². The first-order valence-electron chi connectivity index (χ1n) is 26.0. The molecule has 2 atom stereocenters. The summed E-state index contributed by atoms with van der Waals surface area (Å²) in [6.07, 6.45) is 70.7. The lowest BCUT2D eigenvalue weighted by atomic mass is 10.0. The Balaban J connectivity index is 3.59. The molecule has 2 unspecified atom stereocenters. The highest BCUT2D eigenvalue weighted by molar-refractivity contribution is 5.76. The highest BCUT2D eigenvalue weighted by atomic mass is 16.3. The molecule has 3 N–H and O–H groups in total. The minimum atomic E-state index is -0.869. The molecule has 59 heavy (non-hydrogen) atoms. The maximum atomic E-state index is 12.4. The van der Waals surface area contributed by atoms with Gasteiger partial charge in [0.1, 0.15) is 0 Å². The molecule has 0 aromatic heterocycles. The van der Waals surface area contributed by atoms with Crippen LogP contribution in [-0.2, 0) is 4.79 Å². The van der Waals surface area contributed by atoms with Crippen LogP contribution in [0, 0.1) is 0 Å². The fraction of sp³-hybridized carbons (Fsp3) is 0.800. The summed E-state index contributed by atoms with van der Waals surface area (Å²) in [6, 6.07) is -0.646. The number of amides is 1. The van der Waals surface area contributed by atoms with E-state index in [-0.39, 0.29) is 12.5 Å². The molecule has 0 heterocycles. The van der Waals surface area contributed by atoms with Crippen molar-refractivity contribution in [3.8, 4) is 0 Å². The number of hydrogen-bond acceptors (Lipinski definition) is 3. The van der Waals surface area contributed by atoms with Gasteiger partial charge >= 0.3 is 0 Å². The van der Waals surface area contributed by atoms with Crippen LogP contribution in [0.1, 0.15) is 264 Å². The monoisotopic (exact) mass is 824 g/mol. The van der Waals surface area contributed by atoms with E-state index in [4.69, 9.17) is 0 Å². The standard InChI is InChI=1S/C55H101NO3/c1-3-5-7-9-11-13-15-17-19-21-23-25-27-29-30-32-34-36-38-40-42-44-46-48-50-54(58)53(52-57)56-55(59)51-49-47-45-43-41-39-37-35-33-31-28-26-24-22-20-18-16-14-12-10-8-6-4-2/h16,18,22,24,28,31,40,42,48,50,53-54,57-58H,3-15,17,19-21,23,25-27,29-30,32-39,41,43-47,49,51-52H2,1-2H3,(H,56,59)/b18-16-,24-22-,31-28-,42-40+,50-48+. The molecule has 0 radical (unpaired) electrons. The third-order valence-corrected chi connectivity index (χ3v) is 11.7. The van der Waals surface area contributed by atoms with Crippen LogP contribution in [0.4, 0.5) is 0 Å². The van der Waals surface area contributed by atoms with Gasteiger partial charge in [-0.15, -0.1) is 0 Å². The Morgan fingerprint density at radius 2 is 0.712 bits per heavy atom. The first kappa shape index (κ1) is 57.1. The second-order valence-electron chi connectivity index (χ2n) is 17.6. The molecule has 1 amide bonds. The van der Waals surface area contributed by atoms with Crippen molar-refractivity contribution in [2.24, 2.45) is 0 Å². The van der Waals surface area contributed by atoms with Gasteiger partial charge in [-0.2, -0.15) is 0 Å². The number of carbonyl (C=O) groups excluding carboxylic acids is 1. The van der Waals surface area contributed by atoms with Crippen molar-refractivity contribution in [3.05, 3.63) is 60.8 Å². The van der Waals surface area contributed by atoms with E-state index in [0.717, 1.165) is 51.4 Å². The van der Waals surface area contributed by atoms with Crippen LogP contribution in [0.15, 0.2) is 60.8 Å². The summed E-state index contributed by atoms with van der Waals surface area (Å²) >= 11 is 0. The summed E-state index contributed by atoms with van der Waals surface area (Å²) in [4.78, 5) is 12.4. The van der Waals surface area contributed by atoms with E-state index in [1.165, 1.54) is 193 Å². The normalized spacial score (nSPS) is 13.4. The smallest absolute Gasteiger partial charge is 0.220 e. The second kappa shape index (κ2) is 50.4. The minimum Gasteiger partial charge on any atom is -0.394 e. The van der Waals surface area contributed by atoms with Crippen molar-refractivity contribution in [1.29, 1.82) is 0 Å². The predicted octanol–water partition coefficient (Wildman–Crippen LogP) is 16.9. The first-order valence-corrected chi connectivity index (χ1v) is 26.0. The van der Waals surface area contributed by atoms with E-state index in [2.05, 4.69) is 67.8 Å². The first-order chi connectivity index (χ1) is 29.2. The van der Waals surface area contributed by atoms with Crippen LogP contribution >= 0.6 is 0 Å². The SMILES string of the molecule is CCCCCCC/C=C\C/C=C\C/C=C\CCCCCCCCCCC(=O)NC(CO)C(O)/C=C/CC/C=C/CCCCCCCCCCCCCCCCCCCC. The summed E-state index contributed by atoms with van der Waals surface area (Å²) in [5.41, 5.74) is 0. The third-order valence-electron chi connectivity index (χ3n) is 11.7. The summed E-state index contributed by atoms with van der Waals surface area (Å²) < 4.78 is 0. The number of aliphatic hydroxyl groups is 2. The van der Waals surface area contributed by atoms with E-state index >= 15 is 0 Å². The molecule has 344 valence electrons. The Bertz CT molecular complexity index is 981. The Kier molecular flexibility index (Phi) is 48.8. The van der Waals surface area contributed by atoms with Crippen molar-refractivity contribution in [2.75, 3.05) is 6.61 Å². The van der Waals surface area contributed by atoms with Gasteiger partial charge < -0.3 is 15.5 Å². The fourth-order valence-corrected chi connectivity index (χ4v) is 7.73. The number of carbonyl (C=O) groups is 1. The van der Waals surface area contributed by atoms with Gasteiger partial charge in [0.05, 0.1) is 18.8 Å². The fourth-order valence-electron chi connectivity index (χ4n) is 7.73. The van der Waals surface area contributed by atoms with Gasteiger partial charge in [0.25, 0.3) is 0 Å². The molecule has 4 heteroatoms. The Morgan fingerprint density at radius 3 is 1.10 bits per heavy atom. The van der Waals surface area contributed by atoms with E-state index in [1.807, 2.05) is 6.08 Å². The third kappa shape index (κ3) is 47.0. The van der Waals surface area contributed by atoms with Gasteiger partial charge in [0, 0.05) is 6.42 Å². The van der Waals surface area contributed by atoms with Crippen LogP contribution in [0.3, 0.4) is 0 Å². The second-order valence-corrected chi connectivity index (χ2v) is 17.6. The lowest BCUT2D eigenvalue weighted by molar-refractivity contribution is -0.123. The van der Waals surface area contributed by atoms with E-state index in [0.29, 0.717) is 6.42 Å². The minimum absolute atomic E-state index is 0.0806. The topological polar surface area (TPSA) is 69.6 Å². The molecule has 0 aromatic carbocycles. The lowest BCUT2D eigenvalue weighted by Crippen LogP contribution is -2.45. The molecule has 0 aliphatic heterocycles. The zero-order chi connectivity index (χ0) is 42.8. The highest BCUT2D eigenvalue weighted by Crippen LogP contribution is 2.16. The zero-order valence-electron chi connectivity index (χ0n) is 39.5. The van der Waals surface area contributed by atoms with Gasteiger partial charge in [0.15, 0.2) is 0 Å². The molecule has 0 rings (SSSR count). The average molecular weight is 824 g/mol. The number of hydrogen-bond donors (Lipinski definition) is 3. The average Bonchev–Trinajstić information content (AvgIpc) is 3.24. The number of allylic oxidation sites excluding steroid dienone is 9. The lowest BCUT2D eigenvalue weighted by Gasteiger charge is -2.19. The van der Waals surface area contributed by atoms with Crippen LogP contribution in [0.5, 0.6) is 0 Å². The summed E-state index contributed by atoms with van der Waals surface area (Å²) in [6.45, 7) is 4.30. The molecular formula is C55H101NO3. The van der Waals surface area contributed by atoms with Crippen molar-refractivity contribution in [3.63, 3.8) is 0 Å². The molecule has 4 nitrogen and oxygen atoms in total. The van der Waals surface area contributed by atoms with Gasteiger partial charge in [0.2, 0.25) is 5.91 Å². The summed E-state index contributed by atoms with van der Waals surface area (Å²) in [5, 5.41) is 23.1. The van der Waals surface area contributed by atoms with Gasteiger partial charge in [-0.1, -0.05) is 248 Å². The van der Waals surface area contributed by atoms with Gasteiger partial charge in [-0.05, 0) is 70.6 Å². The quantitative estimate of drug-likeness (QED) is 0.0423. The molecule has 0 bridgehead atoms. The summed E-state index contributed by atoms with van der Waals surface area (Å²) in [5.74, 6) is -0.0806. The number of aliphatic hydroxyl groups excluding tert-OH is 2. The van der Waals surface area contributed by atoms with Crippen LogP contribution in [0.2, 0.25) is 0 Å². The number of rotatable bonds is 47. The Hall–Kier alpha value is -1.91. The van der Waals surface area contributed by atoms with Crippen LogP contribution < -0.4 is 5.32 Å². The Morgan fingerprint density at radius 1 is 0.407 bits per heavy atom. The van der Waals surface area contributed by atoms with Crippen molar-refractivity contribution >= 4 is 5.91 Å². The maximum Gasteiger partial charge on any atom is 0.220 e. The summed E-state index contributed by atoms with van der Waals surface area (Å²) in [7, 11) is 0. The predicted molar refractivity (Wildman–Crippen MR) is 262 cm³/mol. The van der Waals surface area contributed by atoms with Crippen molar-refractivity contribution < 1.29 is 15.0 Å². The van der Waals surface area contributed by atoms with Gasteiger partial charge in [-0.3, -0.25) is 4.79 Å². The maximum absolute atomic E-state index is 12.4. The van der Waals surface area contributed by atoms with E-state index in [1.54, 1.807) is 6.08 Å². The van der Waals surface area contributed by atoms with Crippen LogP contribution in [0.25, 0.3) is 0 Å². The molecule has 0 aliphatic carbocycles. The Labute approximate surface area is 368 Å². The molecule has 0 spiro atoms. The molecule has 0 saturated carbocycles. The number of nitrogens with one attached hydrogen (secondary N) is 1. The highest BCUT2D eigenvalue weighted by Gasteiger charge is 2.17. The molecule has 0 saturated heterocycles. The van der Waals surface area contributed by atoms with Crippen molar-refractivity contribution in [2.45, 2.75) is 276 Å². The zero-order valence-corrected chi connectivity index (χ0v) is 39.5. The molecular weight excluding hydrogens is 723 g/mol. The van der Waals surface area contributed by atoms with E-state index < -0.39 is 12.1 Å². The number of unbranched alkanes of at least 4 members (excludes halogenated alkanes) is 32. The van der Waals surface area contributed by atoms with E-state index in [9.17, 15) is 15.0 Å².